The average molecular weight is 456 g/mol. The van der Waals surface area contributed by atoms with Gasteiger partial charge in [0.15, 0.2) is 0 Å². The van der Waals surface area contributed by atoms with Gasteiger partial charge in [-0.3, -0.25) is 4.79 Å². The molecule has 5 rings (SSSR count). The molecule has 1 unspecified atom stereocenters. The molecule has 2 fully saturated rings. The lowest BCUT2D eigenvalue weighted by atomic mass is 9.97. The highest BCUT2D eigenvalue weighted by molar-refractivity contribution is 7.89. The van der Waals surface area contributed by atoms with Crippen LogP contribution in [0.25, 0.3) is 10.2 Å². The first-order valence-corrected chi connectivity index (χ1v) is 13.0. The number of thiazole rings is 1. The third-order valence-electron chi connectivity index (χ3n) is 6.30. The number of likely N-dealkylation sites (tertiary alicyclic amines) is 1. The molecule has 1 aromatic heterocycles. The Hall–Kier alpha value is -2.29. The Labute approximate surface area is 186 Å². The Balaban J connectivity index is 1.27. The fraction of sp³-hybridized carbons (Fsp3) is 0.391. The standard InChI is InChI=1S/C23H25N3O3S2/c27-23(20-10-6-14-26(20)31(28,29)18-7-2-1-3-8-18)25-15-12-17(13-16-25)22-24-19-9-4-5-11-21(19)30-22/h1-5,7-9,11,17,20H,6,10,12-16H2. The van der Waals surface area contributed by atoms with E-state index in [1.165, 1.54) is 9.01 Å². The van der Waals surface area contributed by atoms with E-state index >= 15 is 0 Å². The lowest BCUT2D eigenvalue weighted by Gasteiger charge is -2.34. The molecule has 31 heavy (non-hydrogen) atoms. The zero-order valence-electron chi connectivity index (χ0n) is 17.2. The summed E-state index contributed by atoms with van der Waals surface area (Å²) >= 11 is 1.74. The van der Waals surface area contributed by atoms with Crippen molar-refractivity contribution < 1.29 is 13.2 Å². The number of rotatable bonds is 4. The van der Waals surface area contributed by atoms with E-state index in [1.54, 1.807) is 41.7 Å². The first kappa shape index (κ1) is 20.6. The smallest absolute Gasteiger partial charge is 0.243 e. The molecule has 2 saturated heterocycles. The van der Waals surface area contributed by atoms with Gasteiger partial charge >= 0.3 is 0 Å². The highest BCUT2D eigenvalue weighted by Crippen LogP contribution is 2.35. The minimum Gasteiger partial charge on any atom is -0.341 e. The number of carbonyl (C=O) groups excluding carboxylic acids is 1. The van der Waals surface area contributed by atoms with Crippen LogP contribution in [0.15, 0.2) is 59.5 Å². The van der Waals surface area contributed by atoms with Crippen molar-refractivity contribution in [2.75, 3.05) is 19.6 Å². The molecule has 6 nitrogen and oxygen atoms in total. The summed E-state index contributed by atoms with van der Waals surface area (Å²) in [6.45, 7) is 1.69. The number of carbonyl (C=O) groups is 1. The molecule has 3 heterocycles. The molecule has 0 saturated carbocycles. The van der Waals surface area contributed by atoms with Gasteiger partial charge in [0.2, 0.25) is 15.9 Å². The third kappa shape index (κ3) is 3.88. The summed E-state index contributed by atoms with van der Waals surface area (Å²) in [5.74, 6) is 0.300. The van der Waals surface area contributed by atoms with E-state index in [0.717, 1.165) is 23.4 Å². The number of sulfonamides is 1. The normalized spacial score (nSPS) is 21.0. The van der Waals surface area contributed by atoms with E-state index < -0.39 is 16.1 Å². The van der Waals surface area contributed by atoms with Crippen LogP contribution in [0.1, 0.15) is 36.6 Å². The number of fused-ring (bicyclic) bond motifs is 1. The molecule has 0 radical (unpaired) electrons. The van der Waals surface area contributed by atoms with Gasteiger partial charge in [-0.2, -0.15) is 4.31 Å². The van der Waals surface area contributed by atoms with Crippen molar-refractivity contribution in [3.63, 3.8) is 0 Å². The van der Waals surface area contributed by atoms with Gasteiger partial charge in [-0.25, -0.2) is 13.4 Å². The highest BCUT2D eigenvalue weighted by Gasteiger charge is 2.41. The molecule has 2 aromatic carbocycles. The van der Waals surface area contributed by atoms with Crippen molar-refractivity contribution in [2.45, 2.75) is 42.5 Å². The van der Waals surface area contributed by atoms with Crippen LogP contribution in [0.2, 0.25) is 0 Å². The lowest BCUT2D eigenvalue weighted by Crippen LogP contribution is -2.49. The average Bonchev–Trinajstić information content (AvgIpc) is 3.47. The Kier molecular flexibility index (Phi) is 5.54. The summed E-state index contributed by atoms with van der Waals surface area (Å²) in [7, 11) is -3.66. The zero-order valence-corrected chi connectivity index (χ0v) is 18.8. The van der Waals surface area contributed by atoms with Gasteiger partial charge in [-0.1, -0.05) is 30.3 Å². The predicted octanol–water partition coefficient (Wildman–Crippen LogP) is 3.86. The number of aromatic nitrogens is 1. The predicted molar refractivity (Wildman–Crippen MR) is 122 cm³/mol. The summed E-state index contributed by atoms with van der Waals surface area (Å²) in [5, 5.41) is 1.14. The van der Waals surface area contributed by atoms with Crippen LogP contribution < -0.4 is 0 Å². The number of nitrogens with zero attached hydrogens (tertiary/aromatic N) is 3. The summed E-state index contributed by atoms with van der Waals surface area (Å²) in [6.07, 6.45) is 3.03. The van der Waals surface area contributed by atoms with E-state index in [0.29, 0.717) is 38.4 Å². The van der Waals surface area contributed by atoms with Gasteiger partial charge in [-0.05, 0) is 49.9 Å². The minimum atomic E-state index is -3.66. The quantitative estimate of drug-likeness (QED) is 0.599. The van der Waals surface area contributed by atoms with E-state index in [1.807, 2.05) is 23.1 Å². The molecule has 8 heteroatoms. The van der Waals surface area contributed by atoms with Gasteiger partial charge in [0.25, 0.3) is 0 Å². The monoisotopic (exact) mass is 455 g/mol. The van der Waals surface area contributed by atoms with Crippen molar-refractivity contribution in [3.05, 3.63) is 59.6 Å². The van der Waals surface area contributed by atoms with E-state index in [2.05, 4.69) is 6.07 Å². The summed E-state index contributed by atoms with van der Waals surface area (Å²) in [6, 6.07) is 16.0. The van der Waals surface area contributed by atoms with Crippen LogP contribution in [0.4, 0.5) is 0 Å². The van der Waals surface area contributed by atoms with E-state index in [9.17, 15) is 13.2 Å². The molecule has 0 spiro atoms. The second-order valence-corrected chi connectivity index (χ2v) is 11.2. The Morgan fingerprint density at radius 1 is 0.935 bits per heavy atom. The molecule has 1 atom stereocenters. The van der Waals surface area contributed by atoms with Crippen LogP contribution in [0.3, 0.4) is 0 Å². The maximum atomic E-state index is 13.3. The molecule has 2 aliphatic rings. The molecule has 1 amide bonds. The molecule has 3 aromatic rings. The number of benzene rings is 2. The minimum absolute atomic E-state index is 0.0558. The Bertz CT molecular complexity index is 1150. The van der Waals surface area contributed by atoms with Crippen molar-refractivity contribution >= 4 is 37.5 Å². The second-order valence-electron chi connectivity index (χ2n) is 8.21. The molecule has 2 aliphatic heterocycles. The zero-order chi connectivity index (χ0) is 21.4. The molecule has 0 aliphatic carbocycles. The summed E-state index contributed by atoms with van der Waals surface area (Å²) in [4.78, 5) is 20.2. The number of hydrogen-bond donors (Lipinski definition) is 0. The molecule has 0 bridgehead atoms. The van der Waals surface area contributed by atoms with Gasteiger partial charge in [0.1, 0.15) is 6.04 Å². The van der Waals surface area contributed by atoms with E-state index in [4.69, 9.17) is 4.98 Å². The first-order chi connectivity index (χ1) is 15.0. The Morgan fingerprint density at radius 2 is 1.65 bits per heavy atom. The fourth-order valence-electron chi connectivity index (χ4n) is 4.62. The fourth-order valence-corrected chi connectivity index (χ4v) is 7.43. The first-order valence-electron chi connectivity index (χ1n) is 10.8. The molecular weight excluding hydrogens is 430 g/mol. The molecule has 0 N–H and O–H groups in total. The van der Waals surface area contributed by atoms with Crippen LogP contribution in [0, 0.1) is 0 Å². The van der Waals surface area contributed by atoms with Crippen molar-refractivity contribution in [1.29, 1.82) is 0 Å². The van der Waals surface area contributed by atoms with Gasteiger partial charge in [0, 0.05) is 25.6 Å². The topological polar surface area (TPSA) is 70.6 Å². The number of piperidine rings is 1. The number of hydrogen-bond acceptors (Lipinski definition) is 5. The largest absolute Gasteiger partial charge is 0.341 e. The molecular formula is C23H25N3O3S2. The third-order valence-corrected chi connectivity index (χ3v) is 9.43. The van der Waals surface area contributed by atoms with Crippen molar-refractivity contribution in [2.24, 2.45) is 0 Å². The molecule has 162 valence electrons. The Morgan fingerprint density at radius 3 is 2.39 bits per heavy atom. The van der Waals surface area contributed by atoms with Crippen LogP contribution in [0.5, 0.6) is 0 Å². The van der Waals surface area contributed by atoms with Gasteiger partial charge in [-0.15, -0.1) is 11.3 Å². The van der Waals surface area contributed by atoms with Gasteiger partial charge in [0.05, 0.1) is 20.1 Å². The summed E-state index contributed by atoms with van der Waals surface area (Å²) in [5.41, 5.74) is 1.04. The lowest BCUT2D eigenvalue weighted by molar-refractivity contribution is -0.135. The highest BCUT2D eigenvalue weighted by atomic mass is 32.2. The van der Waals surface area contributed by atoms with Crippen molar-refractivity contribution in [3.8, 4) is 0 Å². The SMILES string of the molecule is O=C(C1CCCN1S(=O)(=O)c1ccccc1)N1CCC(c2nc3ccccc3s2)CC1. The summed E-state index contributed by atoms with van der Waals surface area (Å²) < 4.78 is 28.8. The van der Waals surface area contributed by atoms with E-state index in [-0.39, 0.29) is 10.8 Å². The maximum Gasteiger partial charge on any atom is 0.243 e. The number of para-hydroxylation sites is 1. The van der Waals surface area contributed by atoms with Crippen molar-refractivity contribution in [1.82, 2.24) is 14.2 Å². The van der Waals surface area contributed by atoms with Gasteiger partial charge < -0.3 is 4.90 Å². The second kappa shape index (κ2) is 8.33. The van der Waals surface area contributed by atoms with Crippen LogP contribution >= 0.6 is 11.3 Å². The number of amides is 1. The maximum absolute atomic E-state index is 13.3. The van der Waals surface area contributed by atoms with Crippen LogP contribution in [-0.2, 0) is 14.8 Å². The van der Waals surface area contributed by atoms with Crippen LogP contribution in [-0.4, -0.2) is 54.2 Å².